The van der Waals surface area contributed by atoms with Gasteiger partial charge < -0.3 is 20.3 Å². The van der Waals surface area contributed by atoms with Crippen LogP contribution in [0.3, 0.4) is 0 Å². The van der Waals surface area contributed by atoms with Gasteiger partial charge in [-0.05, 0) is 25.1 Å². The van der Waals surface area contributed by atoms with E-state index in [1.54, 1.807) is 0 Å². The zero-order valence-electron chi connectivity index (χ0n) is 16.4. The molecule has 10 heteroatoms. The van der Waals surface area contributed by atoms with Gasteiger partial charge in [0.05, 0.1) is 29.5 Å². The van der Waals surface area contributed by atoms with Crippen LogP contribution in [0.15, 0.2) is 29.1 Å². The average Bonchev–Trinajstić information content (AvgIpc) is 3.19. The van der Waals surface area contributed by atoms with E-state index in [4.69, 9.17) is 9.72 Å². The zero-order valence-corrected chi connectivity index (χ0v) is 17.2. The highest BCUT2D eigenvalue weighted by molar-refractivity contribution is 7.21. The number of morpholine rings is 1. The van der Waals surface area contributed by atoms with Crippen LogP contribution in [0.25, 0.3) is 20.8 Å². The summed E-state index contributed by atoms with van der Waals surface area (Å²) < 4.78 is 20.9. The smallest absolute Gasteiger partial charge is 0.264 e. The van der Waals surface area contributed by atoms with E-state index in [0.29, 0.717) is 68.2 Å². The third-order valence-corrected chi connectivity index (χ3v) is 6.50. The fraction of sp³-hybridized carbons (Fsp3) is 0.450. The molecule has 1 aromatic carbocycles. The van der Waals surface area contributed by atoms with E-state index >= 15 is 0 Å². The maximum Gasteiger partial charge on any atom is 0.264 e. The van der Waals surface area contributed by atoms with Gasteiger partial charge in [0, 0.05) is 19.6 Å². The Morgan fingerprint density at radius 3 is 2.87 bits per heavy atom. The highest BCUT2D eigenvalue weighted by Crippen LogP contribution is 2.32. The van der Waals surface area contributed by atoms with Crippen molar-refractivity contribution in [3.63, 3.8) is 0 Å². The van der Waals surface area contributed by atoms with Gasteiger partial charge in [0.1, 0.15) is 22.6 Å². The van der Waals surface area contributed by atoms with E-state index in [9.17, 15) is 9.18 Å². The number of piperidine rings is 1. The second-order valence-corrected chi connectivity index (χ2v) is 8.49. The first-order valence-electron chi connectivity index (χ1n) is 10.1. The van der Waals surface area contributed by atoms with Crippen LogP contribution in [0.5, 0.6) is 0 Å². The third-order valence-electron chi connectivity index (χ3n) is 5.45. The second-order valence-electron chi connectivity index (χ2n) is 7.46. The number of H-pyrrole nitrogens is 1. The van der Waals surface area contributed by atoms with Crippen molar-refractivity contribution in [2.45, 2.75) is 18.6 Å². The summed E-state index contributed by atoms with van der Waals surface area (Å²) in [4.78, 5) is 27.4. The summed E-state index contributed by atoms with van der Waals surface area (Å²) >= 11 is 1.43. The van der Waals surface area contributed by atoms with Crippen molar-refractivity contribution in [1.29, 1.82) is 0 Å². The number of hydrogen-bond acceptors (Lipinski definition) is 8. The molecule has 0 bridgehead atoms. The van der Waals surface area contributed by atoms with Crippen LogP contribution in [0.1, 0.15) is 6.42 Å². The molecule has 2 aliphatic heterocycles. The Morgan fingerprint density at radius 1 is 1.23 bits per heavy atom. The van der Waals surface area contributed by atoms with Crippen molar-refractivity contribution >= 4 is 33.3 Å². The van der Waals surface area contributed by atoms with Crippen molar-refractivity contribution in [1.82, 2.24) is 20.3 Å². The summed E-state index contributed by atoms with van der Waals surface area (Å²) in [6.07, 6.45) is -0.587. The van der Waals surface area contributed by atoms with Crippen molar-refractivity contribution in [3.8, 4) is 10.6 Å². The van der Waals surface area contributed by atoms with Gasteiger partial charge in [-0.3, -0.25) is 9.78 Å². The first-order valence-corrected chi connectivity index (χ1v) is 10.9. The molecule has 8 nitrogen and oxygen atoms in total. The molecule has 4 heterocycles. The van der Waals surface area contributed by atoms with E-state index in [2.05, 4.69) is 20.6 Å². The number of fused-ring (bicyclic) bond motifs is 1. The van der Waals surface area contributed by atoms with Crippen LogP contribution < -0.4 is 21.1 Å². The van der Waals surface area contributed by atoms with Crippen molar-refractivity contribution in [2.24, 2.45) is 0 Å². The van der Waals surface area contributed by atoms with E-state index < -0.39 is 12.2 Å². The van der Waals surface area contributed by atoms with Crippen molar-refractivity contribution < 1.29 is 9.13 Å². The molecule has 30 heavy (non-hydrogen) atoms. The summed E-state index contributed by atoms with van der Waals surface area (Å²) in [5, 5.41) is 6.97. The standard InChI is InChI=1S/C20H23FN6O2S/c21-12-5-6-22-11-14(12)23-17-16(19-24-13-3-1-2-4-15(13)30-19)18(28)26-20(25-17)27-7-9-29-10-8-27/h1-4,12,14,22H,5-11H2,(H2,23,25,26,28)/t12-,14-/m0/s1. The Bertz CT molecular complexity index is 1060. The van der Waals surface area contributed by atoms with Gasteiger partial charge in [-0.2, -0.15) is 4.98 Å². The minimum Gasteiger partial charge on any atom is -0.378 e. The molecule has 2 saturated heterocycles. The molecular weight excluding hydrogens is 407 g/mol. The first kappa shape index (κ1) is 19.4. The number of anilines is 2. The fourth-order valence-corrected chi connectivity index (χ4v) is 4.82. The number of thiazole rings is 1. The minimum atomic E-state index is -1.01. The Labute approximate surface area is 176 Å². The Morgan fingerprint density at radius 2 is 2.07 bits per heavy atom. The lowest BCUT2D eigenvalue weighted by Crippen LogP contribution is -2.47. The largest absolute Gasteiger partial charge is 0.378 e. The molecule has 2 atom stereocenters. The second kappa shape index (κ2) is 8.29. The predicted octanol–water partition coefficient (Wildman–Crippen LogP) is 2.00. The number of aromatic amines is 1. The van der Waals surface area contributed by atoms with Crippen LogP contribution >= 0.6 is 11.3 Å². The minimum absolute atomic E-state index is 0.285. The first-order chi connectivity index (χ1) is 14.7. The molecule has 0 spiro atoms. The van der Waals surface area contributed by atoms with Gasteiger partial charge in [0.15, 0.2) is 0 Å². The molecule has 3 N–H and O–H groups in total. The highest BCUT2D eigenvalue weighted by atomic mass is 32.1. The summed E-state index contributed by atoms with van der Waals surface area (Å²) in [6, 6.07) is 7.27. The molecule has 5 rings (SSSR count). The van der Waals surface area contributed by atoms with Crippen LogP contribution in [-0.2, 0) is 4.74 Å². The number of aromatic nitrogens is 3. The Hall–Kier alpha value is -2.56. The molecule has 0 radical (unpaired) electrons. The summed E-state index contributed by atoms with van der Waals surface area (Å²) in [5.41, 5.74) is 0.890. The molecule has 0 amide bonds. The van der Waals surface area contributed by atoms with Crippen LogP contribution in [-0.4, -0.2) is 66.6 Å². The molecule has 0 saturated carbocycles. The normalized spacial score (nSPS) is 22.4. The number of ether oxygens (including phenoxy) is 1. The van der Waals surface area contributed by atoms with E-state index in [1.807, 2.05) is 29.2 Å². The third kappa shape index (κ3) is 3.78. The molecule has 2 aliphatic rings. The average molecular weight is 431 g/mol. The van der Waals surface area contributed by atoms with Crippen molar-refractivity contribution in [2.75, 3.05) is 49.6 Å². The maximum absolute atomic E-state index is 14.5. The summed E-state index contributed by atoms with van der Waals surface area (Å²) in [6.45, 7) is 3.54. The van der Waals surface area contributed by atoms with Gasteiger partial charge >= 0.3 is 0 Å². The quantitative estimate of drug-likeness (QED) is 0.583. The number of alkyl halides is 1. The van der Waals surface area contributed by atoms with Crippen LogP contribution in [0.4, 0.5) is 16.2 Å². The van der Waals surface area contributed by atoms with Gasteiger partial charge in [0.25, 0.3) is 5.56 Å². The number of halogens is 1. The predicted molar refractivity (Wildman–Crippen MR) is 116 cm³/mol. The molecule has 158 valence electrons. The fourth-order valence-electron chi connectivity index (χ4n) is 3.81. The number of hydrogen-bond donors (Lipinski definition) is 3. The number of nitrogens with zero attached hydrogens (tertiary/aromatic N) is 3. The van der Waals surface area contributed by atoms with E-state index in [-0.39, 0.29) is 5.56 Å². The van der Waals surface area contributed by atoms with E-state index in [0.717, 1.165) is 10.2 Å². The summed E-state index contributed by atoms with van der Waals surface area (Å²) in [5.74, 6) is 0.838. The summed E-state index contributed by atoms with van der Waals surface area (Å²) in [7, 11) is 0. The lowest BCUT2D eigenvalue weighted by atomic mass is 10.1. The Kier molecular flexibility index (Phi) is 5.36. The molecular formula is C20H23FN6O2S. The Balaban J connectivity index is 1.59. The van der Waals surface area contributed by atoms with E-state index in [1.165, 1.54) is 11.3 Å². The molecule has 0 unspecified atom stereocenters. The number of para-hydroxylation sites is 1. The molecule has 3 aromatic rings. The van der Waals surface area contributed by atoms with Crippen LogP contribution in [0.2, 0.25) is 0 Å². The van der Waals surface area contributed by atoms with Gasteiger partial charge in [-0.25, -0.2) is 9.37 Å². The zero-order chi connectivity index (χ0) is 20.5. The highest BCUT2D eigenvalue weighted by Gasteiger charge is 2.28. The monoisotopic (exact) mass is 430 g/mol. The van der Waals surface area contributed by atoms with Crippen LogP contribution in [0, 0.1) is 0 Å². The lowest BCUT2D eigenvalue weighted by molar-refractivity contribution is 0.122. The van der Waals surface area contributed by atoms with Gasteiger partial charge in [-0.15, -0.1) is 11.3 Å². The molecule has 0 aliphatic carbocycles. The maximum atomic E-state index is 14.5. The van der Waals surface area contributed by atoms with Crippen molar-refractivity contribution in [3.05, 3.63) is 34.6 Å². The lowest BCUT2D eigenvalue weighted by Gasteiger charge is -2.30. The SMILES string of the molecule is O=c1[nH]c(N2CCOCC2)nc(N[C@H]2CNCC[C@@H]2F)c1-c1nc2ccccc2s1. The number of rotatable bonds is 4. The molecule has 2 fully saturated rings. The molecule has 2 aromatic heterocycles. The number of benzene rings is 1. The van der Waals surface area contributed by atoms with Gasteiger partial charge in [-0.1, -0.05) is 12.1 Å². The van der Waals surface area contributed by atoms with Gasteiger partial charge in [0.2, 0.25) is 5.95 Å². The topological polar surface area (TPSA) is 95.2 Å². The number of nitrogens with one attached hydrogen (secondary N) is 3.